The number of carbonyl (C=O) groups is 1. The largest absolute Gasteiger partial charge is 0.324 e. The first kappa shape index (κ1) is 16.2. The Morgan fingerprint density at radius 2 is 1.83 bits per heavy atom. The van der Waals surface area contributed by atoms with Gasteiger partial charge in [0, 0.05) is 24.1 Å². The molecule has 1 heterocycles. The molecule has 3 nitrogen and oxygen atoms in total. The van der Waals surface area contributed by atoms with E-state index >= 15 is 0 Å². The Bertz CT molecular complexity index is 665. The molecule has 1 atom stereocenters. The highest BCUT2D eigenvalue weighted by Gasteiger charge is 2.22. The van der Waals surface area contributed by atoms with Gasteiger partial charge in [0.1, 0.15) is 0 Å². The van der Waals surface area contributed by atoms with Crippen molar-refractivity contribution in [3.63, 3.8) is 0 Å². The lowest BCUT2D eigenvalue weighted by Crippen LogP contribution is -2.36. The van der Waals surface area contributed by atoms with Crippen LogP contribution in [-0.2, 0) is 0 Å². The number of anilines is 1. The molecular formula is C18H19ClN2OS. The zero-order valence-corrected chi connectivity index (χ0v) is 14.3. The van der Waals surface area contributed by atoms with Crippen LogP contribution in [0.25, 0.3) is 0 Å². The van der Waals surface area contributed by atoms with Crippen LogP contribution in [-0.4, -0.2) is 29.8 Å². The van der Waals surface area contributed by atoms with E-state index in [2.05, 4.69) is 29.6 Å². The van der Waals surface area contributed by atoms with Crippen molar-refractivity contribution in [3.05, 3.63) is 65.2 Å². The van der Waals surface area contributed by atoms with Crippen molar-refractivity contribution < 1.29 is 4.79 Å². The van der Waals surface area contributed by atoms with Gasteiger partial charge in [-0.2, -0.15) is 11.8 Å². The fraction of sp³-hybridized carbons (Fsp3) is 0.278. The van der Waals surface area contributed by atoms with E-state index in [0.29, 0.717) is 16.0 Å². The summed E-state index contributed by atoms with van der Waals surface area (Å²) in [5, 5.41) is 3.92. The lowest BCUT2D eigenvalue weighted by Gasteiger charge is -2.21. The third kappa shape index (κ3) is 4.21. The topological polar surface area (TPSA) is 32.3 Å². The first-order chi connectivity index (χ1) is 11.2. The number of carbonyl (C=O) groups excluding carboxylic acids is 1. The first-order valence-electron chi connectivity index (χ1n) is 7.71. The van der Waals surface area contributed by atoms with Gasteiger partial charge < -0.3 is 10.2 Å². The first-order valence-corrected chi connectivity index (χ1v) is 9.14. The van der Waals surface area contributed by atoms with E-state index in [-0.39, 0.29) is 6.03 Å². The number of amides is 2. The van der Waals surface area contributed by atoms with Crippen molar-refractivity contribution in [3.8, 4) is 0 Å². The molecule has 23 heavy (non-hydrogen) atoms. The maximum atomic E-state index is 12.5. The van der Waals surface area contributed by atoms with Gasteiger partial charge in [0.15, 0.2) is 0 Å². The van der Waals surface area contributed by atoms with E-state index in [1.54, 1.807) is 6.07 Å². The van der Waals surface area contributed by atoms with Crippen LogP contribution < -0.4 is 5.32 Å². The molecule has 2 aromatic rings. The number of nitrogens with one attached hydrogen (secondary N) is 1. The van der Waals surface area contributed by atoms with Crippen LogP contribution >= 0.6 is 23.4 Å². The van der Waals surface area contributed by atoms with Crippen LogP contribution in [0.5, 0.6) is 0 Å². The van der Waals surface area contributed by atoms with E-state index in [4.69, 9.17) is 11.6 Å². The van der Waals surface area contributed by atoms with Crippen molar-refractivity contribution in [1.82, 2.24) is 4.90 Å². The van der Waals surface area contributed by atoms with Crippen LogP contribution in [0.2, 0.25) is 5.02 Å². The maximum Gasteiger partial charge on any atom is 0.321 e. The lowest BCUT2D eigenvalue weighted by molar-refractivity contribution is 0.215. The number of urea groups is 1. The van der Waals surface area contributed by atoms with Gasteiger partial charge >= 0.3 is 6.03 Å². The Balaban J connectivity index is 1.61. The maximum absolute atomic E-state index is 12.5. The van der Waals surface area contributed by atoms with Crippen LogP contribution in [0, 0.1) is 0 Å². The summed E-state index contributed by atoms with van der Waals surface area (Å²) >= 11 is 8.03. The van der Waals surface area contributed by atoms with Crippen molar-refractivity contribution in [1.29, 1.82) is 0 Å². The quantitative estimate of drug-likeness (QED) is 0.825. The van der Waals surface area contributed by atoms with E-state index in [1.165, 1.54) is 5.56 Å². The highest BCUT2D eigenvalue weighted by Crippen LogP contribution is 2.34. The molecular weight excluding hydrogens is 328 g/mol. The minimum atomic E-state index is -0.0765. The molecule has 2 aromatic carbocycles. The summed E-state index contributed by atoms with van der Waals surface area (Å²) in [5.74, 6) is 0.940. The molecule has 2 amide bonds. The molecule has 3 rings (SSSR count). The Morgan fingerprint density at radius 1 is 1.09 bits per heavy atom. The molecule has 0 aliphatic carbocycles. The molecule has 1 aliphatic rings. The molecule has 120 valence electrons. The number of nitrogens with zero attached hydrogens (tertiary/aromatic N) is 1. The fourth-order valence-corrected chi connectivity index (χ4v) is 4.08. The van der Waals surface area contributed by atoms with E-state index in [9.17, 15) is 4.79 Å². The number of thioether (sulfide) groups is 1. The van der Waals surface area contributed by atoms with Gasteiger partial charge in [0.2, 0.25) is 0 Å². The number of halogens is 1. The summed E-state index contributed by atoms with van der Waals surface area (Å²) in [4.78, 5) is 14.3. The molecule has 0 unspecified atom stereocenters. The van der Waals surface area contributed by atoms with Gasteiger partial charge in [0.25, 0.3) is 0 Å². The molecule has 1 fully saturated rings. The van der Waals surface area contributed by atoms with Crippen LogP contribution in [0.1, 0.15) is 17.2 Å². The summed E-state index contributed by atoms with van der Waals surface area (Å²) < 4.78 is 0. The van der Waals surface area contributed by atoms with Crippen molar-refractivity contribution >= 4 is 35.1 Å². The average molecular weight is 347 g/mol. The van der Waals surface area contributed by atoms with Crippen molar-refractivity contribution in [2.24, 2.45) is 0 Å². The van der Waals surface area contributed by atoms with Gasteiger partial charge in [-0.1, -0.05) is 54.1 Å². The number of hydrogen-bond acceptors (Lipinski definition) is 2. The molecule has 0 bridgehead atoms. The van der Waals surface area contributed by atoms with E-state index in [0.717, 1.165) is 25.3 Å². The van der Waals surface area contributed by atoms with E-state index in [1.807, 2.05) is 40.9 Å². The summed E-state index contributed by atoms with van der Waals surface area (Å²) in [6.07, 6.45) is 0.963. The van der Waals surface area contributed by atoms with Gasteiger partial charge in [0.05, 0.1) is 10.7 Å². The summed E-state index contributed by atoms with van der Waals surface area (Å²) in [5.41, 5.74) is 2.00. The molecule has 1 aliphatic heterocycles. The molecule has 0 radical (unpaired) electrons. The average Bonchev–Trinajstić information content (AvgIpc) is 2.84. The van der Waals surface area contributed by atoms with Gasteiger partial charge in [-0.25, -0.2) is 4.79 Å². The normalized spacial score (nSPS) is 18.3. The highest BCUT2D eigenvalue weighted by atomic mass is 35.5. The fourth-order valence-electron chi connectivity index (χ4n) is 2.66. The standard InChI is InChI=1S/C18H19ClN2OS/c19-15-8-4-5-9-16(15)20-18(22)21-11-10-17(23-13-12-21)14-6-2-1-3-7-14/h1-9,17H,10-13H2,(H,20,22)/t17-/m1/s1. The molecule has 5 heteroatoms. The summed E-state index contributed by atoms with van der Waals surface area (Å²) in [6.45, 7) is 1.51. The highest BCUT2D eigenvalue weighted by molar-refractivity contribution is 7.99. The minimum Gasteiger partial charge on any atom is -0.324 e. The Labute approximate surface area is 146 Å². The van der Waals surface area contributed by atoms with Crippen molar-refractivity contribution in [2.75, 3.05) is 24.2 Å². The Kier molecular flexibility index (Phi) is 5.47. The third-order valence-electron chi connectivity index (χ3n) is 3.92. The number of hydrogen-bond donors (Lipinski definition) is 1. The second-order valence-corrected chi connectivity index (χ2v) is 7.17. The zero-order chi connectivity index (χ0) is 16.1. The van der Waals surface area contributed by atoms with Crippen LogP contribution in [0.15, 0.2) is 54.6 Å². The third-order valence-corrected chi connectivity index (χ3v) is 5.57. The van der Waals surface area contributed by atoms with Gasteiger partial charge in [-0.05, 0) is 24.1 Å². The SMILES string of the molecule is O=C(Nc1ccccc1Cl)N1CCS[C@@H](c2ccccc2)CC1. The smallest absolute Gasteiger partial charge is 0.321 e. The zero-order valence-electron chi connectivity index (χ0n) is 12.7. The second kappa shape index (κ2) is 7.75. The summed E-state index contributed by atoms with van der Waals surface area (Å²) in [7, 11) is 0. The molecule has 1 N–H and O–H groups in total. The van der Waals surface area contributed by atoms with Crippen LogP contribution in [0.3, 0.4) is 0 Å². The monoisotopic (exact) mass is 346 g/mol. The number of para-hydroxylation sites is 1. The Morgan fingerprint density at radius 3 is 2.61 bits per heavy atom. The molecule has 0 saturated carbocycles. The predicted molar refractivity (Wildman–Crippen MR) is 98.3 cm³/mol. The lowest BCUT2D eigenvalue weighted by atomic mass is 10.1. The number of rotatable bonds is 2. The van der Waals surface area contributed by atoms with E-state index < -0.39 is 0 Å². The molecule has 0 aromatic heterocycles. The Hall–Kier alpha value is -1.65. The summed E-state index contributed by atoms with van der Waals surface area (Å²) in [6, 6.07) is 17.7. The second-order valence-electron chi connectivity index (χ2n) is 5.46. The van der Waals surface area contributed by atoms with Gasteiger partial charge in [-0.15, -0.1) is 0 Å². The minimum absolute atomic E-state index is 0.0765. The van der Waals surface area contributed by atoms with Crippen LogP contribution in [0.4, 0.5) is 10.5 Å². The predicted octanol–water partition coefficient (Wildman–Crippen LogP) is 5.05. The number of benzene rings is 2. The van der Waals surface area contributed by atoms with Crippen molar-refractivity contribution in [2.45, 2.75) is 11.7 Å². The van der Waals surface area contributed by atoms with Gasteiger partial charge in [-0.3, -0.25) is 0 Å². The molecule has 1 saturated heterocycles. The molecule has 0 spiro atoms.